The Morgan fingerprint density at radius 3 is 0.562 bits per heavy atom. The van der Waals surface area contributed by atoms with Gasteiger partial charge < -0.3 is 70.1 Å². The van der Waals surface area contributed by atoms with Crippen molar-refractivity contribution < 1.29 is 111 Å². The predicted octanol–water partition coefficient (Wildman–Crippen LogP) is -12.4. The van der Waals surface area contributed by atoms with E-state index in [-0.39, 0.29) is 144 Å². The maximum absolute atomic E-state index is 8.25. The molecule has 0 aliphatic carbocycles. The molecule has 0 heterocycles. The van der Waals surface area contributed by atoms with Crippen molar-refractivity contribution in [3.05, 3.63) is 15.3 Å². The van der Waals surface area contributed by atoms with E-state index in [0.717, 1.165) is 0 Å². The molecule has 0 rings (SSSR count). The van der Waals surface area contributed by atoms with Gasteiger partial charge in [-0.1, -0.05) is 0 Å². The van der Waals surface area contributed by atoms with Crippen LogP contribution in [0.25, 0.3) is 0 Å². The molecule has 0 aromatic carbocycles. The van der Waals surface area contributed by atoms with E-state index in [1.54, 1.807) is 0 Å². The van der Waals surface area contributed by atoms with Crippen LogP contribution in [0.5, 0.6) is 0 Å². The van der Waals surface area contributed by atoms with E-state index in [1.165, 1.54) is 0 Å². The second kappa shape index (κ2) is 187. The normalized spacial score (nSPS) is 1.50. The molecule has 0 amide bonds. The largest absolute Gasteiger partial charge is 1.00 e. The monoisotopic (exact) mass is 323 g/mol. The second-order valence-electron chi connectivity index (χ2n) is 0.224. The van der Waals surface area contributed by atoms with Gasteiger partial charge in [-0.25, -0.2) is 0 Å². The van der Waals surface area contributed by atoms with Gasteiger partial charge in [-0.3, -0.25) is 0 Å². The summed E-state index contributed by atoms with van der Waals surface area (Å²) in [6.07, 6.45) is 0. The molecule has 0 aromatic rings. The number of rotatable bonds is 0. The van der Waals surface area contributed by atoms with E-state index in [1.807, 2.05) is 0 Å². The predicted molar refractivity (Wildman–Crippen MR) is 55.0 cm³/mol. The Hall–Kier alpha value is 1.70. The molecule has 16 heteroatoms. The van der Waals surface area contributed by atoms with Crippen molar-refractivity contribution in [1.29, 1.82) is 0 Å². The molecule has 0 saturated heterocycles. The van der Waals surface area contributed by atoms with E-state index in [4.69, 9.17) is 15.3 Å². The maximum atomic E-state index is 8.25. The van der Waals surface area contributed by atoms with Gasteiger partial charge in [0.25, 0.3) is 0 Å². The fourth-order valence-electron chi connectivity index (χ4n) is 0. The summed E-state index contributed by atoms with van der Waals surface area (Å²) in [5.74, 6) is 0. The molecule has 0 spiro atoms. The van der Waals surface area contributed by atoms with Gasteiger partial charge in [0.05, 0.1) is 5.09 Å². The van der Waals surface area contributed by atoms with E-state index in [9.17, 15) is 0 Å². The van der Waals surface area contributed by atoms with Gasteiger partial charge in [0, 0.05) is 0 Å². The standard InChI is InChI=1S/Ca.K.NO3.10H2O.2H/c;;2-1(3)4;;;;;;;;;;;;/h;;;10*1H2;;/q;+1;-1;;;;;;;;;;;;. The van der Waals surface area contributed by atoms with Gasteiger partial charge in [-0.2, -0.15) is 0 Å². The van der Waals surface area contributed by atoms with Gasteiger partial charge in [0.15, 0.2) is 0 Å². The quantitative estimate of drug-likeness (QED) is 0.238. The minimum absolute atomic E-state index is 0. The Bertz CT molecular complexity index is 38.9. The zero-order valence-electron chi connectivity index (χ0n) is 7.67. The Labute approximate surface area is 162 Å². The molecule has 0 fully saturated rings. The first-order chi connectivity index (χ1) is 1.73. The first-order valence-electron chi connectivity index (χ1n) is 0.548. The molecule has 0 aromatic heterocycles. The third kappa shape index (κ3) is 1180. The van der Waals surface area contributed by atoms with Gasteiger partial charge in [0.1, 0.15) is 0 Å². The SMILES string of the molecule is O.O.O.O.O.O.O.O.O.O.O=[N+]([O-])[O-].[CaH2].[K+]. The zero-order valence-corrected chi connectivity index (χ0v) is 10.8. The van der Waals surface area contributed by atoms with Gasteiger partial charge >= 0.3 is 89.1 Å². The summed E-state index contributed by atoms with van der Waals surface area (Å²) >= 11 is 0. The van der Waals surface area contributed by atoms with Crippen molar-refractivity contribution in [1.82, 2.24) is 0 Å². The molecule has 0 aliphatic heterocycles. The molecule has 14 nitrogen and oxygen atoms in total. The van der Waals surface area contributed by atoms with Crippen LogP contribution in [0.4, 0.5) is 0 Å². The molecular formula is H22CaKNO13. The molecule has 0 bridgehead atoms. The van der Waals surface area contributed by atoms with E-state index in [2.05, 4.69) is 0 Å². The van der Waals surface area contributed by atoms with Crippen molar-refractivity contribution in [2.24, 2.45) is 0 Å². The fourth-order valence-corrected chi connectivity index (χ4v) is 0. The summed E-state index contributed by atoms with van der Waals surface area (Å²) in [6, 6.07) is 0. The van der Waals surface area contributed by atoms with Crippen molar-refractivity contribution in [3.8, 4) is 0 Å². The van der Waals surface area contributed by atoms with Crippen LogP contribution in [0.2, 0.25) is 0 Å². The Morgan fingerprint density at radius 1 is 0.562 bits per heavy atom. The summed E-state index contributed by atoms with van der Waals surface area (Å²) < 4.78 is 0. The van der Waals surface area contributed by atoms with Crippen LogP contribution in [0.15, 0.2) is 0 Å². The molecule has 0 atom stereocenters. The fraction of sp³-hybridized carbons (Fsp3) is 0. The molecule has 16 heavy (non-hydrogen) atoms. The van der Waals surface area contributed by atoms with Crippen LogP contribution in [-0.4, -0.2) is 97.6 Å². The van der Waals surface area contributed by atoms with Crippen LogP contribution >= 0.6 is 0 Å². The molecule has 0 radical (unpaired) electrons. The van der Waals surface area contributed by atoms with Crippen molar-refractivity contribution >= 4 is 37.7 Å². The average molecular weight is 323 g/mol. The number of nitrogens with zero attached hydrogens (tertiary/aromatic N) is 1. The first-order valence-corrected chi connectivity index (χ1v) is 0.548. The molecule has 108 valence electrons. The molecule has 0 saturated carbocycles. The van der Waals surface area contributed by atoms with E-state index >= 15 is 0 Å². The smallest absolute Gasteiger partial charge is 1.00 e. The Balaban J connectivity index is -0.000000000682. The Kier molecular flexibility index (Phi) is 2610. The van der Waals surface area contributed by atoms with Gasteiger partial charge in [0.2, 0.25) is 0 Å². The maximum Gasteiger partial charge on any atom is 1.00 e. The number of hydrogen-bond donors (Lipinski definition) is 0. The van der Waals surface area contributed by atoms with Gasteiger partial charge in [-0.15, -0.1) is 0 Å². The van der Waals surface area contributed by atoms with Crippen LogP contribution in [-0.2, 0) is 0 Å². The van der Waals surface area contributed by atoms with E-state index in [0.29, 0.717) is 0 Å². The van der Waals surface area contributed by atoms with Crippen molar-refractivity contribution in [2.75, 3.05) is 0 Å². The summed E-state index contributed by atoms with van der Waals surface area (Å²) in [4.78, 5) is 8.25. The summed E-state index contributed by atoms with van der Waals surface area (Å²) in [6.45, 7) is 0. The summed E-state index contributed by atoms with van der Waals surface area (Å²) in [7, 11) is 0. The van der Waals surface area contributed by atoms with Crippen LogP contribution < -0.4 is 51.4 Å². The van der Waals surface area contributed by atoms with Gasteiger partial charge in [-0.05, 0) is 0 Å². The minimum atomic E-state index is -1.75. The zero-order chi connectivity index (χ0) is 3.58. The molecule has 20 N–H and O–H groups in total. The topological polar surface area (TPSA) is 381 Å². The Morgan fingerprint density at radius 2 is 0.562 bits per heavy atom. The molecular weight excluding hydrogens is 301 g/mol. The first kappa shape index (κ1) is 224. The van der Waals surface area contributed by atoms with E-state index < -0.39 is 5.09 Å². The average Bonchev–Trinajstić information content (AvgIpc) is 0.811. The van der Waals surface area contributed by atoms with Crippen molar-refractivity contribution in [2.45, 2.75) is 0 Å². The second-order valence-corrected chi connectivity index (χ2v) is 0.224. The molecule has 0 unspecified atom stereocenters. The van der Waals surface area contributed by atoms with Crippen molar-refractivity contribution in [3.63, 3.8) is 0 Å². The minimum Gasteiger partial charge on any atom is 1.00 e. The van der Waals surface area contributed by atoms with Crippen LogP contribution in [0.3, 0.4) is 0 Å². The van der Waals surface area contributed by atoms with Crippen LogP contribution in [0.1, 0.15) is 0 Å². The molecule has 0 aliphatic rings. The number of hydrogen-bond acceptors (Lipinski definition) is 3. The third-order valence-electron chi connectivity index (χ3n) is 0. The summed E-state index contributed by atoms with van der Waals surface area (Å²) in [5.41, 5.74) is 0. The third-order valence-corrected chi connectivity index (χ3v) is 0. The van der Waals surface area contributed by atoms with Crippen LogP contribution in [0, 0.1) is 15.3 Å². The summed E-state index contributed by atoms with van der Waals surface area (Å²) in [5, 5.41) is 14.8.